The zero-order chi connectivity index (χ0) is 19.5. The highest BCUT2D eigenvalue weighted by Gasteiger charge is 2.13. The molecule has 1 N–H and O–H groups in total. The van der Waals surface area contributed by atoms with E-state index in [9.17, 15) is 0 Å². The Labute approximate surface area is 169 Å². The van der Waals surface area contributed by atoms with Crippen LogP contribution in [0, 0.1) is 4.77 Å². The zero-order valence-electron chi connectivity index (χ0n) is 16.0. The van der Waals surface area contributed by atoms with E-state index < -0.39 is 0 Å². The van der Waals surface area contributed by atoms with E-state index in [4.69, 9.17) is 17.3 Å². The van der Waals surface area contributed by atoms with Gasteiger partial charge in [0.05, 0.1) is 18.9 Å². The van der Waals surface area contributed by atoms with Crippen molar-refractivity contribution in [1.29, 1.82) is 0 Å². The van der Waals surface area contributed by atoms with Gasteiger partial charge < -0.3 is 9.47 Å². The minimum Gasteiger partial charge on any atom is -0.315 e. The molecule has 4 rings (SSSR count). The third-order valence-electron chi connectivity index (χ3n) is 4.66. The Balaban J connectivity index is 1.48. The summed E-state index contributed by atoms with van der Waals surface area (Å²) in [6.07, 6.45) is 4.00. The van der Waals surface area contributed by atoms with E-state index in [0.29, 0.717) is 6.67 Å². The van der Waals surface area contributed by atoms with Crippen molar-refractivity contribution >= 4 is 12.2 Å². The molecule has 2 aromatic heterocycles. The molecular weight excluding hydrogens is 368 g/mol. The number of quaternary nitrogens is 1. The van der Waals surface area contributed by atoms with Gasteiger partial charge in [0.25, 0.3) is 0 Å². The normalized spacial score (nSPS) is 12.2. The SMILES string of the molecule is Cn1c(-c2ccccc2)nn(C[NH+](C)Cc2cnn(-c3ccccc3)c2)c1=S. The predicted octanol–water partition coefficient (Wildman–Crippen LogP) is 2.48. The van der Waals surface area contributed by atoms with E-state index in [0.717, 1.165) is 28.4 Å². The lowest BCUT2D eigenvalue weighted by Gasteiger charge is -2.12. The second-order valence-corrected chi connectivity index (χ2v) is 7.32. The predicted molar refractivity (Wildman–Crippen MR) is 112 cm³/mol. The van der Waals surface area contributed by atoms with Crippen molar-refractivity contribution in [3.05, 3.63) is 83.4 Å². The molecule has 0 radical (unpaired) electrons. The van der Waals surface area contributed by atoms with Crippen LogP contribution in [0.3, 0.4) is 0 Å². The van der Waals surface area contributed by atoms with Gasteiger partial charge in [0, 0.05) is 24.4 Å². The molecule has 4 aromatic rings. The number of para-hydroxylation sites is 1. The summed E-state index contributed by atoms with van der Waals surface area (Å²) in [6, 6.07) is 20.3. The molecule has 0 saturated heterocycles. The maximum atomic E-state index is 5.60. The van der Waals surface area contributed by atoms with Crippen LogP contribution in [0.1, 0.15) is 5.56 Å². The van der Waals surface area contributed by atoms with Gasteiger partial charge in [0.2, 0.25) is 4.77 Å². The van der Waals surface area contributed by atoms with Gasteiger partial charge in [-0.3, -0.25) is 0 Å². The Morgan fingerprint density at radius 1 is 1.00 bits per heavy atom. The van der Waals surface area contributed by atoms with Crippen LogP contribution in [-0.2, 0) is 20.3 Å². The maximum Gasteiger partial charge on any atom is 0.202 e. The van der Waals surface area contributed by atoms with Gasteiger partial charge in [0.1, 0.15) is 6.54 Å². The topological polar surface area (TPSA) is 45.0 Å². The summed E-state index contributed by atoms with van der Waals surface area (Å²) >= 11 is 5.60. The molecule has 0 amide bonds. The van der Waals surface area contributed by atoms with E-state index in [1.54, 1.807) is 0 Å². The molecule has 1 unspecified atom stereocenters. The molecule has 0 aliphatic carbocycles. The summed E-state index contributed by atoms with van der Waals surface area (Å²) in [6.45, 7) is 1.53. The van der Waals surface area contributed by atoms with Crippen molar-refractivity contribution in [3.63, 3.8) is 0 Å². The number of aromatic nitrogens is 5. The molecule has 2 heterocycles. The van der Waals surface area contributed by atoms with Gasteiger partial charge in [-0.1, -0.05) is 48.5 Å². The lowest BCUT2D eigenvalue weighted by molar-refractivity contribution is -0.917. The third-order valence-corrected chi connectivity index (χ3v) is 5.14. The Bertz CT molecular complexity index is 1110. The first-order valence-electron chi connectivity index (χ1n) is 9.21. The average molecular weight is 392 g/mol. The van der Waals surface area contributed by atoms with E-state index in [-0.39, 0.29) is 0 Å². The van der Waals surface area contributed by atoms with Gasteiger partial charge >= 0.3 is 0 Å². The number of hydrogen-bond donors (Lipinski definition) is 1. The fraction of sp³-hybridized carbons (Fsp3) is 0.190. The standard InChI is InChI=1S/C21H22N6S/c1-24(14-17-13-22-26(15-17)19-11-7-4-8-12-19)16-27-21(28)25(2)20(23-27)18-9-5-3-6-10-18/h3-13,15H,14,16H2,1-2H3/p+1. The second-order valence-electron chi connectivity index (χ2n) is 6.95. The van der Waals surface area contributed by atoms with Gasteiger partial charge in [-0.25, -0.2) is 4.68 Å². The molecular formula is C21H23N6S+. The minimum atomic E-state index is 0.690. The van der Waals surface area contributed by atoms with Crippen molar-refractivity contribution in [1.82, 2.24) is 24.1 Å². The minimum absolute atomic E-state index is 0.690. The Morgan fingerprint density at radius 3 is 2.39 bits per heavy atom. The number of benzene rings is 2. The van der Waals surface area contributed by atoms with Crippen molar-refractivity contribution in [2.24, 2.45) is 7.05 Å². The Morgan fingerprint density at radius 2 is 1.68 bits per heavy atom. The molecule has 7 heteroatoms. The molecule has 0 aliphatic rings. The van der Waals surface area contributed by atoms with Crippen LogP contribution in [0.4, 0.5) is 0 Å². The first kappa shape index (κ1) is 18.3. The highest BCUT2D eigenvalue weighted by atomic mass is 32.1. The first-order valence-corrected chi connectivity index (χ1v) is 9.62. The number of rotatable bonds is 6. The number of nitrogens with zero attached hydrogens (tertiary/aromatic N) is 5. The molecule has 2 aromatic carbocycles. The lowest BCUT2D eigenvalue weighted by Crippen LogP contribution is -3.07. The fourth-order valence-electron chi connectivity index (χ4n) is 3.26. The van der Waals surface area contributed by atoms with Gasteiger partial charge in [-0.05, 0) is 24.4 Å². The molecule has 0 saturated carbocycles. The summed E-state index contributed by atoms with van der Waals surface area (Å²) in [5.74, 6) is 0.885. The molecule has 28 heavy (non-hydrogen) atoms. The fourth-order valence-corrected chi connectivity index (χ4v) is 3.45. The highest BCUT2D eigenvalue weighted by Crippen LogP contribution is 2.16. The smallest absolute Gasteiger partial charge is 0.202 e. The van der Waals surface area contributed by atoms with Gasteiger partial charge in [0.15, 0.2) is 12.5 Å². The van der Waals surface area contributed by atoms with E-state index in [2.05, 4.69) is 30.5 Å². The third kappa shape index (κ3) is 3.81. The van der Waals surface area contributed by atoms with Crippen LogP contribution in [-0.4, -0.2) is 31.2 Å². The van der Waals surface area contributed by atoms with E-state index in [1.807, 2.05) is 75.7 Å². The van der Waals surface area contributed by atoms with Crippen molar-refractivity contribution < 1.29 is 4.90 Å². The maximum absolute atomic E-state index is 5.60. The monoisotopic (exact) mass is 391 g/mol. The zero-order valence-corrected chi connectivity index (χ0v) is 16.8. The molecule has 0 aliphatic heterocycles. The molecule has 0 fully saturated rings. The van der Waals surface area contributed by atoms with Crippen molar-refractivity contribution in [3.8, 4) is 17.1 Å². The van der Waals surface area contributed by atoms with Crippen molar-refractivity contribution in [2.75, 3.05) is 7.05 Å². The van der Waals surface area contributed by atoms with E-state index in [1.165, 1.54) is 10.5 Å². The molecule has 0 bridgehead atoms. The Kier molecular flexibility index (Phi) is 5.18. The summed E-state index contributed by atoms with van der Waals surface area (Å²) < 4.78 is 6.49. The van der Waals surface area contributed by atoms with Crippen LogP contribution >= 0.6 is 12.2 Å². The lowest BCUT2D eigenvalue weighted by atomic mass is 10.2. The number of nitrogens with one attached hydrogen (secondary N) is 1. The van der Waals surface area contributed by atoms with Crippen LogP contribution in [0.2, 0.25) is 0 Å². The molecule has 142 valence electrons. The average Bonchev–Trinajstić information content (AvgIpc) is 3.29. The number of hydrogen-bond acceptors (Lipinski definition) is 3. The Hall–Kier alpha value is -3.03. The summed E-state index contributed by atoms with van der Waals surface area (Å²) in [7, 11) is 4.10. The summed E-state index contributed by atoms with van der Waals surface area (Å²) in [5.41, 5.74) is 3.30. The molecule has 0 spiro atoms. The van der Waals surface area contributed by atoms with Crippen LogP contribution in [0.5, 0.6) is 0 Å². The largest absolute Gasteiger partial charge is 0.315 e. The first-order chi connectivity index (χ1) is 13.6. The van der Waals surface area contributed by atoms with E-state index >= 15 is 0 Å². The van der Waals surface area contributed by atoms with Crippen LogP contribution < -0.4 is 4.90 Å². The highest BCUT2D eigenvalue weighted by molar-refractivity contribution is 7.71. The summed E-state index contributed by atoms with van der Waals surface area (Å²) in [4.78, 5) is 1.28. The summed E-state index contributed by atoms with van der Waals surface area (Å²) in [5, 5.41) is 9.23. The van der Waals surface area contributed by atoms with Gasteiger partial charge in [-0.15, -0.1) is 5.10 Å². The quantitative estimate of drug-likeness (QED) is 0.514. The van der Waals surface area contributed by atoms with Crippen LogP contribution in [0.25, 0.3) is 17.1 Å². The molecule has 6 nitrogen and oxygen atoms in total. The molecule has 1 atom stereocenters. The van der Waals surface area contributed by atoms with Gasteiger partial charge in [-0.2, -0.15) is 9.78 Å². The second kappa shape index (κ2) is 7.92. The van der Waals surface area contributed by atoms with Crippen LogP contribution in [0.15, 0.2) is 73.1 Å². The van der Waals surface area contributed by atoms with Crippen molar-refractivity contribution in [2.45, 2.75) is 13.2 Å².